The molecule has 0 saturated carbocycles. The molecule has 3 aliphatic carbocycles. The fourth-order valence-electron chi connectivity index (χ4n) is 15.0. The highest BCUT2D eigenvalue weighted by molar-refractivity contribution is 6.23. The molecule has 0 saturated heterocycles. The lowest BCUT2D eigenvalue weighted by Crippen LogP contribution is -2.24. The van der Waals surface area contributed by atoms with Crippen LogP contribution in [-0.4, -0.2) is 0 Å². The van der Waals surface area contributed by atoms with Gasteiger partial charge in [-0.1, -0.05) is 187 Å². The number of rotatable bonds is 5. The Balaban J connectivity index is 0.881. The topological polar surface area (TPSA) is 42.7 Å². The number of fused-ring (bicyclic) bond motifs is 22. The summed E-state index contributed by atoms with van der Waals surface area (Å²) in [5.41, 5.74) is 27.9. The summed E-state index contributed by atoms with van der Waals surface area (Å²) in [7, 11) is 0. The SMILES string of the molecule is CC1(C)c2cc(N(c3ccc(-c4ccccc4)cc3)c3ccc4c(c3)C(C)(C)c3c5c(c6oc7ccccc7c6c3-4)-c3ccccc3C5(C)C)ccc2-c2c1cc(-c1cccc3oc4ccccc4c13)c1oc3ccccc3c21. The molecule has 0 unspecified atom stereocenters. The van der Waals surface area contributed by atoms with Gasteiger partial charge in [0, 0.05) is 76.8 Å². The van der Waals surface area contributed by atoms with E-state index in [2.05, 4.69) is 253 Å². The summed E-state index contributed by atoms with van der Waals surface area (Å²) in [5, 5.41) is 6.84. The van der Waals surface area contributed by atoms with E-state index in [9.17, 15) is 0 Å². The van der Waals surface area contributed by atoms with Crippen molar-refractivity contribution < 1.29 is 13.3 Å². The molecule has 11 aromatic carbocycles. The molecule has 3 aromatic heterocycles. The molecular formula is C75H53NO3. The third-order valence-electron chi connectivity index (χ3n) is 18.6. The Hall–Kier alpha value is -9.38. The Morgan fingerprint density at radius 2 is 0.772 bits per heavy atom. The molecule has 4 heteroatoms. The molecule has 3 heterocycles. The third kappa shape index (κ3) is 5.83. The molecule has 0 aliphatic heterocycles. The highest BCUT2D eigenvalue weighted by Gasteiger charge is 2.49. The first-order chi connectivity index (χ1) is 38.5. The molecule has 4 nitrogen and oxygen atoms in total. The van der Waals surface area contributed by atoms with Crippen LogP contribution in [0.15, 0.2) is 226 Å². The molecule has 14 aromatic rings. The minimum atomic E-state index is -0.387. The lowest BCUT2D eigenvalue weighted by Gasteiger charge is -2.32. The van der Waals surface area contributed by atoms with Crippen molar-refractivity contribution in [1.82, 2.24) is 0 Å². The number of hydrogen-bond acceptors (Lipinski definition) is 4. The van der Waals surface area contributed by atoms with Crippen molar-refractivity contribution in [2.45, 2.75) is 57.8 Å². The van der Waals surface area contributed by atoms with Crippen LogP contribution in [0.3, 0.4) is 0 Å². The van der Waals surface area contributed by atoms with Gasteiger partial charge in [-0.25, -0.2) is 0 Å². The van der Waals surface area contributed by atoms with Gasteiger partial charge in [-0.3, -0.25) is 0 Å². The van der Waals surface area contributed by atoms with E-state index in [0.717, 1.165) is 88.6 Å². The fourth-order valence-corrected chi connectivity index (χ4v) is 15.0. The fraction of sp³-hybridized carbons (Fsp3) is 0.120. The van der Waals surface area contributed by atoms with Crippen LogP contribution in [0.4, 0.5) is 17.1 Å². The summed E-state index contributed by atoms with van der Waals surface area (Å²) in [4.78, 5) is 2.49. The maximum Gasteiger partial charge on any atom is 0.144 e. The molecule has 376 valence electrons. The van der Waals surface area contributed by atoms with Gasteiger partial charge in [-0.15, -0.1) is 0 Å². The predicted octanol–water partition coefficient (Wildman–Crippen LogP) is 21.1. The summed E-state index contributed by atoms with van der Waals surface area (Å²) in [5.74, 6) is 0. The second-order valence-electron chi connectivity index (χ2n) is 23.9. The molecule has 0 spiro atoms. The Morgan fingerprint density at radius 3 is 1.47 bits per heavy atom. The van der Waals surface area contributed by atoms with E-state index in [1.165, 1.54) is 83.3 Å². The predicted molar refractivity (Wildman–Crippen MR) is 327 cm³/mol. The first-order valence-corrected chi connectivity index (χ1v) is 27.7. The Labute approximate surface area is 457 Å². The van der Waals surface area contributed by atoms with Crippen molar-refractivity contribution in [2.75, 3.05) is 4.90 Å². The average molecular weight is 1020 g/mol. The van der Waals surface area contributed by atoms with Crippen molar-refractivity contribution >= 4 is 82.9 Å². The van der Waals surface area contributed by atoms with E-state index in [1.807, 2.05) is 6.07 Å². The zero-order valence-electron chi connectivity index (χ0n) is 44.9. The first-order valence-electron chi connectivity index (χ1n) is 27.7. The van der Waals surface area contributed by atoms with Crippen LogP contribution in [0, 0.1) is 0 Å². The van der Waals surface area contributed by atoms with E-state index in [4.69, 9.17) is 13.3 Å². The number of benzene rings is 11. The Morgan fingerprint density at radius 1 is 0.291 bits per heavy atom. The minimum Gasteiger partial charge on any atom is -0.456 e. The normalized spacial score (nSPS) is 15.0. The van der Waals surface area contributed by atoms with Gasteiger partial charge in [0.15, 0.2) is 0 Å². The number of furan rings is 3. The zero-order chi connectivity index (χ0) is 52.8. The molecule has 0 fully saturated rings. The quantitative estimate of drug-likeness (QED) is 0.172. The second kappa shape index (κ2) is 15.4. The van der Waals surface area contributed by atoms with Crippen molar-refractivity contribution in [3.8, 4) is 55.6 Å². The van der Waals surface area contributed by atoms with Gasteiger partial charge in [0.25, 0.3) is 0 Å². The number of hydrogen-bond donors (Lipinski definition) is 0. The van der Waals surface area contributed by atoms with Gasteiger partial charge in [-0.05, 0) is 145 Å². The summed E-state index contributed by atoms with van der Waals surface area (Å²) in [6, 6.07) is 77.6. The van der Waals surface area contributed by atoms with Crippen molar-refractivity contribution in [3.05, 3.63) is 246 Å². The van der Waals surface area contributed by atoms with Crippen LogP contribution >= 0.6 is 0 Å². The van der Waals surface area contributed by atoms with E-state index in [0.29, 0.717) is 0 Å². The van der Waals surface area contributed by atoms with Crippen LogP contribution in [0.2, 0.25) is 0 Å². The smallest absolute Gasteiger partial charge is 0.144 e. The van der Waals surface area contributed by atoms with Crippen molar-refractivity contribution in [3.63, 3.8) is 0 Å². The van der Waals surface area contributed by atoms with Crippen molar-refractivity contribution in [2.24, 2.45) is 0 Å². The van der Waals surface area contributed by atoms with Crippen LogP contribution in [-0.2, 0) is 16.2 Å². The maximum absolute atomic E-state index is 7.03. The molecule has 79 heavy (non-hydrogen) atoms. The molecule has 0 atom stereocenters. The van der Waals surface area contributed by atoms with Gasteiger partial charge >= 0.3 is 0 Å². The Bertz CT molecular complexity index is 4980. The lowest BCUT2D eigenvalue weighted by atomic mass is 9.72. The molecule has 0 amide bonds. The zero-order valence-corrected chi connectivity index (χ0v) is 44.9. The standard InChI is InChI=1S/C75H53NO3/c1-73(2)56-39-45(35-37-49(56)64-58(73)41-54(71-66(64)52-23-12-16-28-60(52)78-71)47-25-18-30-62-63(47)51-22-11-15-27-59(51)77-62)76(44-33-31-43(32-34-44)42-19-8-7-9-20-42)46-36-38-50-57(40-46)75(5,6)69-65(50)67-53-24-13-17-29-61(53)79-72(67)68-48-21-10-14-26-55(48)74(3,4)70(68)69/h7-41H,1-6H3. The molecule has 17 rings (SSSR count). The highest BCUT2D eigenvalue weighted by atomic mass is 16.3. The van der Waals surface area contributed by atoms with E-state index in [-0.39, 0.29) is 16.2 Å². The van der Waals surface area contributed by atoms with E-state index in [1.54, 1.807) is 0 Å². The number of nitrogens with zero attached hydrogens (tertiary/aromatic N) is 1. The average Bonchev–Trinajstić information content (AvgIpc) is 4.29. The summed E-state index contributed by atoms with van der Waals surface area (Å²) < 4.78 is 20.5. The molecule has 0 radical (unpaired) electrons. The monoisotopic (exact) mass is 1020 g/mol. The van der Waals surface area contributed by atoms with Gasteiger partial charge in [0.05, 0.1) is 0 Å². The van der Waals surface area contributed by atoms with E-state index < -0.39 is 0 Å². The third-order valence-corrected chi connectivity index (χ3v) is 18.6. The van der Waals surface area contributed by atoms with Crippen LogP contribution in [0.1, 0.15) is 74.9 Å². The molecule has 0 bridgehead atoms. The number of para-hydroxylation sites is 3. The van der Waals surface area contributed by atoms with Gasteiger partial charge in [0.1, 0.15) is 33.5 Å². The molecule has 3 aliphatic rings. The Kier molecular flexibility index (Phi) is 8.73. The van der Waals surface area contributed by atoms with Crippen molar-refractivity contribution in [1.29, 1.82) is 0 Å². The largest absolute Gasteiger partial charge is 0.456 e. The summed E-state index contributed by atoms with van der Waals surface area (Å²) in [6.45, 7) is 14.5. The summed E-state index contributed by atoms with van der Waals surface area (Å²) >= 11 is 0. The van der Waals surface area contributed by atoms with Crippen LogP contribution in [0.25, 0.3) is 121 Å². The molecular weight excluding hydrogens is 963 g/mol. The highest BCUT2D eigenvalue weighted by Crippen LogP contribution is 2.64. The minimum absolute atomic E-state index is 0.247. The van der Waals surface area contributed by atoms with Crippen LogP contribution in [0.5, 0.6) is 0 Å². The lowest BCUT2D eigenvalue weighted by molar-refractivity contribution is 0.600. The number of anilines is 3. The molecule has 0 N–H and O–H groups in total. The van der Waals surface area contributed by atoms with Crippen LogP contribution < -0.4 is 4.90 Å². The summed E-state index contributed by atoms with van der Waals surface area (Å²) in [6.07, 6.45) is 0. The van der Waals surface area contributed by atoms with Gasteiger partial charge < -0.3 is 18.2 Å². The maximum atomic E-state index is 7.03. The first kappa shape index (κ1) is 44.7. The van der Waals surface area contributed by atoms with Gasteiger partial charge in [-0.2, -0.15) is 0 Å². The van der Waals surface area contributed by atoms with Gasteiger partial charge in [0.2, 0.25) is 0 Å². The van der Waals surface area contributed by atoms with E-state index >= 15 is 0 Å². The second-order valence-corrected chi connectivity index (χ2v) is 23.9.